The molecule has 0 spiro atoms. The predicted molar refractivity (Wildman–Crippen MR) is 69.7 cm³/mol. The molecule has 0 aromatic rings. The number of hydrogen-bond acceptors (Lipinski definition) is 3. The molecule has 0 saturated heterocycles. The van der Waals surface area contributed by atoms with Gasteiger partial charge in [-0.05, 0) is 13.3 Å². The Morgan fingerprint density at radius 3 is 2.12 bits per heavy atom. The van der Waals surface area contributed by atoms with Crippen LogP contribution in [0.25, 0.3) is 0 Å². The highest BCUT2D eigenvalue weighted by atomic mass is 16.6. The van der Waals surface area contributed by atoms with E-state index in [1.807, 2.05) is 0 Å². The van der Waals surface area contributed by atoms with Crippen LogP contribution in [0.4, 0.5) is 0 Å². The van der Waals surface area contributed by atoms with Crippen LogP contribution in [0.3, 0.4) is 0 Å². The summed E-state index contributed by atoms with van der Waals surface area (Å²) in [6.07, 6.45) is 8.54. The van der Waals surface area contributed by atoms with E-state index in [4.69, 9.17) is 5.11 Å². The summed E-state index contributed by atoms with van der Waals surface area (Å²) in [5, 5.41) is 19.9. The quantitative estimate of drug-likeness (QED) is 0.344. The standard InChI is InChI=1S/C13H27NO3/c1-3-4-5-6-7-8-9-10-13(14(16)17)11-12(2)15/h12-13,15H,3-11H2,1-2H3. The summed E-state index contributed by atoms with van der Waals surface area (Å²) in [6, 6.07) is -0.564. The third-order valence-electron chi connectivity index (χ3n) is 3.05. The predicted octanol–water partition coefficient (Wildman–Crippen LogP) is 3.54. The molecule has 1 N–H and O–H groups in total. The van der Waals surface area contributed by atoms with Crippen molar-refractivity contribution < 1.29 is 10.0 Å². The van der Waals surface area contributed by atoms with Crippen molar-refractivity contribution in [1.82, 2.24) is 0 Å². The van der Waals surface area contributed by atoms with Gasteiger partial charge >= 0.3 is 0 Å². The summed E-state index contributed by atoms with van der Waals surface area (Å²) < 4.78 is 0. The summed E-state index contributed by atoms with van der Waals surface area (Å²) in [7, 11) is 0. The number of aliphatic hydroxyl groups is 1. The van der Waals surface area contributed by atoms with E-state index in [0.717, 1.165) is 12.8 Å². The van der Waals surface area contributed by atoms with E-state index in [0.29, 0.717) is 6.42 Å². The molecule has 0 heterocycles. The van der Waals surface area contributed by atoms with E-state index in [1.54, 1.807) is 6.92 Å². The molecule has 0 amide bonds. The Kier molecular flexibility index (Phi) is 10.1. The maximum absolute atomic E-state index is 10.7. The minimum atomic E-state index is -0.574. The van der Waals surface area contributed by atoms with Crippen LogP contribution >= 0.6 is 0 Å². The smallest absolute Gasteiger partial charge is 0.215 e. The second-order valence-electron chi connectivity index (χ2n) is 4.93. The molecule has 0 aromatic carbocycles. The average molecular weight is 245 g/mol. The summed E-state index contributed by atoms with van der Waals surface area (Å²) in [4.78, 5) is 10.5. The number of unbranched alkanes of at least 4 members (excludes halogenated alkanes) is 6. The highest BCUT2D eigenvalue weighted by molar-refractivity contribution is 4.61. The SMILES string of the molecule is CCCCCCCCCC(CC(C)O)[N+](=O)[O-]. The van der Waals surface area contributed by atoms with Crippen molar-refractivity contribution in [3.05, 3.63) is 10.1 Å². The lowest BCUT2D eigenvalue weighted by Crippen LogP contribution is -2.24. The Morgan fingerprint density at radius 1 is 1.12 bits per heavy atom. The second kappa shape index (κ2) is 10.5. The fraction of sp³-hybridized carbons (Fsp3) is 1.00. The van der Waals surface area contributed by atoms with Crippen LogP contribution in [-0.4, -0.2) is 22.2 Å². The lowest BCUT2D eigenvalue weighted by atomic mass is 10.0. The molecule has 0 radical (unpaired) electrons. The first kappa shape index (κ1) is 16.4. The molecule has 0 aliphatic rings. The summed E-state index contributed by atoms with van der Waals surface area (Å²) in [6.45, 7) is 3.80. The Balaban J connectivity index is 3.51. The number of hydrogen-bond donors (Lipinski definition) is 1. The van der Waals surface area contributed by atoms with Gasteiger partial charge in [-0.3, -0.25) is 10.1 Å². The van der Waals surface area contributed by atoms with Crippen molar-refractivity contribution in [2.24, 2.45) is 0 Å². The van der Waals surface area contributed by atoms with Crippen molar-refractivity contribution >= 4 is 0 Å². The van der Waals surface area contributed by atoms with Crippen LogP contribution < -0.4 is 0 Å². The van der Waals surface area contributed by atoms with Crippen molar-refractivity contribution in [3.63, 3.8) is 0 Å². The van der Waals surface area contributed by atoms with Gasteiger partial charge < -0.3 is 5.11 Å². The van der Waals surface area contributed by atoms with Gasteiger partial charge in [0.25, 0.3) is 0 Å². The minimum Gasteiger partial charge on any atom is -0.393 e. The summed E-state index contributed by atoms with van der Waals surface area (Å²) >= 11 is 0. The van der Waals surface area contributed by atoms with Crippen LogP contribution in [0, 0.1) is 10.1 Å². The van der Waals surface area contributed by atoms with E-state index in [9.17, 15) is 10.1 Å². The number of aliphatic hydroxyl groups excluding tert-OH is 1. The molecule has 0 aliphatic heterocycles. The maximum Gasteiger partial charge on any atom is 0.215 e. The Hall–Kier alpha value is -0.640. The van der Waals surface area contributed by atoms with Gasteiger partial charge in [0.15, 0.2) is 0 Å². The van der Waals surface area contributed by atoms with Gasteiger partial charge in [0.1, 0.15) is 0 Å². The highest BCUT2D eigenvalue weighted by Gasteiger charge is 2.21. The topological polar surface area (TPSA) is 63.4 Å². The normalized spacial score (nSPS) is 14.5. The third kappa shape index (κ3) is 10.2. The minimum absolute atomic E-state index is 0.246. The van der Waals surface area contributed by atoms with Gasteiger partial charge in [0.05, 0.1) is 6.10 Å². The van der Waals surface area contributed by atoms with Crippen LogP contribution in [0.2, 0.25) is 0 Å². The molecule has 4 heteroatoms. The van der Waals surface area contributed by atoms with E-state index in [1.165, 1.54) is 32.1 Å². The molecule has 4 nitrogen and oxygen atoms in total. The van der Waals surface area contributed by atoms with Crippen LogP contribution in [0.1, 0.15) is 71.6 Å². The zero-order valence-corrected chi connectivity index (χ0v) is 11.2. The summed E-state index contributed by atoms with van der Waals surface area (Å²) in [5.41, 5.74) is 0. The monoisotopic (exact) mass is 245 g/mol. The third-order valence-corrected chi connectivity index (χ3v) is 3.05. The molecular formula is C13H27NO3. The molecule has 17 heavy (non-hydrogen) atoms. The molecule has 0 rings (SSSR count). The molecule has 102 valence electrons. The molecule has 0 saturated carbocycles. The van der Waals surface area contributed by atoms with Gasteiger partial charge in [0.2, 0.25) is 6.04 Å². The lowest BCUT2D eigenvalue weighted by Gasteiger charge is -2.10. The maximum atomic E-state index is 10.7. The van der Waals surface area contributed by atoms with Gasteiger partial charge in [-0.2, -0.15) is 0 Å². The number of nitro groups is 1. The molecule has 0 fully saturated rings. The molecular weight excluding hydrogens is 218 g/mol. The number of nitrogens with zero attached hydrogens (tertiary/aromatic N) is 1. The molecule has 2 unspecified atom stereocenters. The fourth-order valence-corrected chi connectivity index (χ4v) is 2.04. The fourth-order valence-electron chi connectivity index (χ4n) is 2.04. The van der Waals surface area contributed by atoms with Crippen molar-refractivity contribution in [2.75, 3.05) is 0 Å². The average Bonchev–Trinajstić information content (AvgIpc) is 2.25. The van der Waals surface area contributed by atoms with Gasteiger partial charge in [-0.1, -0.05) is 45.4 Å². The van der Waals surface area contributed by atoms with E-state index < -0.39 is 12.1 Å². The molecule has 0 bridgehead atoms. The van der Waals surface area contributed by atoms with E-state index in [2.05, 4.69) is 6.92 Å². The summed E-state index contributed by atoms with van der Waals surface area (Å²) in [5.74, 6) is 0. The van der Waals surface area contributed by atoms with Crippen LogP contribution in [0.15, 0.2) is 0 Å². The molecule has 0 aromatic heterocycles. The zero-order chi connectivity index (χ0) is 13.1. The Bertz CT molecular complexity index is 195. The van der Waals surface area contributed by atoms with E-state index in [-0.39, 0.29) is 11.3 Å². The van der Waals surface area contributed by atoms with Gasteiger partial charge in [-0.25, -0.2) is 0 Å². The first-order chi connectivity index (χ1) is 8.07. The van der Waals surface area contributed by atoms with E-state index >= 15 is 0 Å². The largest absolute Gasteiger partial charge is 0.393 e. The number of rotatable bonds is 11. The van der Waals surface area contributed by atoms with Crippen LogP contribution in [-0.2, 0) is 0 Å². The second-order valence-corrected chi connectivity index (χ2v) is 4.93. The first-order valence-electron chi connectivity index (χ1n) is 6.89. The van der Waals surface area contributed by atoms with Gasteiger partial charge in [-0.15, -0.1) is 0 Å². The first-order valence-corrected chi connectivity index (χ1v) is 6.89. The highest BCUT2D eigenvalue weighted by Crippen LogP contribution is 2.13. The zero-order valence-electron chi connectivity index (χ0n) is 11.2. The molecule has 0 aliphatic carbocycles. The van der Waals surface area contributed by atoms with Crippen molar-refractivity contribution in [2.45, 2.75) is 83.8 Å². The van der Waals surface area contributed by atoms with Crippen molar-refractivity contribution in [1.29, 1.82) is 0 Å². The Labute approximate surface area is 105 Å². The Morgan fingerprint density at radius 2 is 1.65 bits per heavy atom. The molecule has 2 atom stereocenters. The lowest BCUT2D eigenvalue weighted by molar-refractivity contribution is -0.526. The van der Waals surface area contributed by atoms with Crippen LogP contribution in [0.5, 0.6) is 0 Å². The van der Waals surface area contributed by atoms with Gasteiger partial charge in [0, 0.05) is 17.8 Å². The van der Waals surface area contributed by atoms with Crippen molar-refractivity contribution in [3.8, 4) is 0 Å².